The summed E-state index contributed by atoms with van der Waals surface area (Å²) in [4.78, 5) is 12.4. The first-order valence-corrected chi connectivity index (χ1v) is 9.69. The van der Waals surface area contributed by atoms with E-state index in [4.69, 9.17) is 0 Å². The van der Waals surface area contributed by atoms with Gasteiger partial charge in [0.2, 0.25) is 10.0 Å². The summed E-state index contributed by atoms with van der Waals surface area (Å²) in [6.07, 6.45) is 1.73. The number of nitrogens with one attached hydrogen (secondary N) is 2. The van der Waals surface area contributed by atoms with Crippen molar-refractivity contribution < 1.29 is 13.2 Å². The van der Waals surface area contributed by atoms with Crippen LogP contribution in [0, 0.1) is 3.57 Å². The molecule has 7 heteroatoms. The normalized spacial score (nSPS) is 14.5. The average molecular weight is 442 g/mol. The number of rotatable bonds is 5. The largest absolute Gasteiger partial charge is 0.322 e. The molecule has 5 nitrogen and oxygen atoms in total. The monoisotopic (exact) mass is 442 g/mol. The number of halogens is 1. The van der Waals surface area contributed by atoms with Gasteiger partial charge in [0.15, 0.2) is 0 Å². The highest BCUT2D eigenvalue weighted by Gasteiger charge is 2.28. The molecule has 2 aromatic carbocycles. The number of sulfonamides is 1. The highest BCUT2D eigenvalue weighted by molar-refractivity contribution is 14.1. The summed E-state index contributed by atoms with van der Waals surface area (Å²) in [5.74, 6) is -0.338. The van der Waals surface area contributed by atoms with Crippen molar-refractivity contribution in [3.05, 3.63) is 57.7 Å². The molecule has 1 aliphatic carbocycles. The fourth-order valence-electron chi connectivity index (χ4n) is 2.03. The van der Waals surface area contributed by atoms with Crippen LogP contribution in [0.3, 0.4) is 0 Å². The van der Waals surface area contributed by atoms with Crippen molar-refractivity contribution in [1.29, 1.82) is 0 Å². The quantitative estimate of drug-likeness (QED) is 0.700. The number of carbonyl (C=O) groups excluding carboxylic acids is 1. The van der Waals surface area contributed by atoms with Gasteiger partial charge in [-0.2, -0.15) is 0 Å². The minimum absolute atomic E-state index is 0.0317. The molecule has 1 aliphatic rings. The Kier molecular flexibility index (Phi) is 4.69. The van der Waals surface area contributed by atoms with Crippen LogP contribution in [0.1, 0.15) is 23.2 Å². The summed E-state index contributed by atoms with van der Waals surface area (Å²) >= 11 is 2.18. The Bertz CT molecular complexity index is 831. The minimum Gasteiger partial charge on any atom is -0.322 e. The molecule has 0 heterocycles. The van der Waals surface area contributed by atoms with Gasteiger partial charge in [0.25, 0.3) is 5.91 Å². The van der Waals surface area contributed by atoms with Gasteiger partial charge >= 0.3 is 0 Å². The Morgan fingerprint density at radius 3 is 2.43 bits per heavy atom. The molecule has 0 radical (unpaired) electrons. The van der Waals surface area contributed by atoms with E-state index in [0.29, 0.717) is 11.3 Å². The van der Waals surface area contributed by atoms with Gasteiger partial charge in [-0.1, -0.05) is 6.07 Å². The lowest BCUT2D eigenvalue weighted by Gasteiger charge is -2.08. The molecule has 1 saturated carbocycles. The van der Waals surface area contributed by atoms with Crippen LogP contribution in [0.25, 0.3) is 0 Å². The van der Waals surface area contributed by atoms with Crippen LogP contribution in [0.4, 0.5) is 5.69 Å². The maximum Gasteiger partial charge on any atom is 0.255 e. The third kappa shape index (κ3) is 4.30. The van der Waals surface area contributed by atoms with E-state index in [9.17, 15) is 13.2 Å². The van der Waals surface area contributed by atoms with Gasteiger partial charge in [0.1, 0.15) is 0 Å². The first kappa shape index (κ1) is 16.4. The predicted octanol–water partition coefficient (Wildman–Crippen LogP) is 2.98. The second kappa shape index (κ2) is 6.58. The van der Waals surface area contributed by atoms with Gasteiger partial charge in [-0.15, -0.1) is 0 Å². The third-order valence-corrected chi connectivity index (χ3v) is 5.65. The summed E-state index contributed by atoms with van der Waals surface area (Å²) in [6.45, 7) is 0. The van der Waals surface area contributed by atoms with E-state index in [1.807, 2.05) is 12.1 Å². The van der Waals surface area contributed by atoms with E-state index in [0.717, 1.165) is 16.4 Å². The molecule has 2 N–H and O–H groups in total. The summed E-state index contributed by atoms with van der Waals surface area (Å²) < 4.78 is 28.1. The number of hydrogen-bond acceptors (Lipinski definition) is 3. The summed E-state index contributed by atoms with van der Waals surface area (Å²) in [5, 5.41) is 2.76. The molecule has 0 aliphatic heterocycles. The topological polar surface area (TPSA) is 75.3 Å². The number of benzene rings is 2. The number of hydrogen-bond donors (Lipinski definition) is 2. The lowest BCUT2D eigenvalue weighted by atomic mass is 10.2. The Hall–Kier alpha value is -1.45. The zero-order valence-corrected chi connectivity index (χ0v) is 15.1. The zero-order chi connectivity index (χ0) is 16.4. The van der Waals surface area contributed by atoms with E-state index in [1.165, 1.54) is 12.1 Å². The SMILES string of the molecule is O=C(Nc1ccc(I)cc1)c1cccc(S(=O)(=O)NC2CC2)c1. The smallest absolute Gasteiger partial charge is 0.255 e. The van der Waals surface area contributed by atoms with Crippen molar-refractivity contribution in [2.24, 2.45) is 0 Å². The minimum atomic E-state index is -3.56. The molecule has 0 spiro atoms. The van der Waals surface area contributed by atoms with Crippen LogP contribution in [-0.2, 0) is 10.0 Å². The molecule has 120 valence electrons. The van der Waals surface area contributed by atoms with Crippen molar-refractivity contribution in [1.82, 2.24) is 4.72 Å². The molecule has 0 bridgehead atoms. The second-order valence-electron chi connectivity index (χ2n) is 5.38. The number of carbonyl (C=O) groups is 1. The summed E-state index contributed by atoms with van der Waals surface area (Å²) in [7, 11) is -3.56. The molecule has 2 aromatic rings. The van der Waals surface area contributed by atoms with E-state index in [1.54, 1.807) is 24.3 Å². The summed E-state index contributed by atoms with van der Waals surface area (Å²) in [5.41, 5.74) is 0.974. The first-order chi connectivity index (χ1) is 10.9. The van der Waals surface area contributed by atoms with Crippen LogP contribution in [0.2, 0.25) is 0 Å². The molecule has 0 aromatic heterocycles. The van der Waals surface area contributed by atoms with Crippen LogP contribution in [0.5, 0.6) is 0 Å². The van der Waals surface area contributed by atoms with Crippen LogP contribution >= 0.6 is 22.6 Å². The molecule has 0 atom stereocenters. The Labute approximate surface area is 148 Å². The molecule has 1 fully saturated rings. The second-order valence-corrected chi connectivity index (χ2v) is 8.34. The van der Waals surface area contributed by atoms with Crippen LogP contribution in [0.15, 0.2) is 53.4 Å². The molecule has 3 rings (SSSR count). The molecular formula is C16H15IN2O3S. The lowest BCUT2D eigenvalue weighted by molar-refractivity contribution is 0.102. The van der Waals surface area contributed by atoms with Gasteiger partial charge in [-0.05, 0) is 77.9 Å². The molecule has 23 heavy (non-hydrogen) atoms. The number of anilines is 1. The summed E-state index contributed by atoms with van der Waals surface area (Å²) in [6, 6.07) is 13.5. The van der Waals surface area contributed by atoms with Gasteiger partial charge in [-0.3, -0.25) is 4.79 Å². The standard InChI is InChI=1S/C16H15IN2O3S/c17-12-4-6-13(7-5-12)18-16(20)11-2-1-3-15(10-11)23(21,22)19-14-8-9-14/h1-7,10,14,19H,8-9H2,(H,18,20). The van der Waals surface area contributed by atoms with Crippen LogP contribution < -0.4 is 10.0 Å². The molecule has 0 unspecified atom stereocenters. The molecule has 0 saturated heterocycles. The maximum absolute atomic E-state index is 12.3. The predicted molar refractivity (Wildman–Crippen MR) is 96.9 cm³/mol. The Balaban J connectivity index is 1.78. The molecular weight excluding hydrogens is 427 g/mol. The van der Waals surface area contributed by atoms with Gasteiger partial charge in [-0.25, -0.2) is 13.1 Å². The van der Waals surface area contributed by atoms with Crippen LogP contribution in [-0.4, -0.2) is 20.4 Å². The Morgan fingerprint density at radius 2 is 1.78 bits per heavy atom. The van der Waals surface area contributed by atoms with Crippen molar-refractivity contribution >= 4 is 44.2 Å². The Morgan fingerprint density at radius 1 is 1.09 bits per heavy atom. The van der Waals surface area contributed by atoms with Crippen molar-refractivity contribution in [3.8, 4) is 0 Å². The zero-order valence-electron chi connectivity index (χ0n) is 12.1. The van der Waals surface area contributed by atoms with E-state index in [-0.39, 0.29) is 16.8 Å². The number of amides is 1. The third-order valence-electron chi connectivity index (χ3n) is 3.41. The first-order valence-electron chi connectivity index (χ1n) is 7.13. The van der Waals surface area contributed by atoms with Crippen molar-refractivity contribution in [3.63, 3.8) is 0 Å². The average Bonchev–Trinajstić information content (AvgIpc) is 3.33. The fourth-order valence-corrected chi connectivity index (χ4v) is 3.74. The van der Waals surface area contributed by atoms with Crippen molar-refractivity contribution in [2.45, 2.75) is 23.8 Å². The van der Waals surface area contributed by atoms with Crippen molar-refractivity contribution in [2.75, 3.05) is 5.32 Å². The van der Waals surface area contributed by atoms with Gasteiger partial charge in [0, 0.05) is 20.9 Å². The fraction of sp³-hybridized carbons (Fsp3) is 0.188. The maximum atomic E-state index is 12.3. The van der Waals surface area contributed by atoms with E-state index >= 15 is 0 Å². The van der Waals surface area contributed by atoms with Gasteiger partial charge < -0.3 is 5.32 Å². The van der Waals surface area contributed by atoms with E-state index in [2.05, 4.69) is 32.6 Å². The van der Waals surface area contributed by atoms with Gasteiger partial charge in [0.05, 0.1) is 4.90 Å². The highest BCUT2D eigenvalue weighted by atomic mass is 127. The highest BCUT2D eigenvalue weighted by Crippen LogP contribution is 2.22. The lowest BCUT2D eigenvalue weighted by Crippen LogP contribution is -2.26. The van der Waals surface area contributed by atoms with E-state index < -0.39 is 10.0 Å². The molecule has 1 amide bonds.